The fourth-order valence-electron chi connectivity index (χ4n) is 1.92. The van der Waals surface area contributed by atoms with Gasteiger partial charge in [0.1, 0.15) is 0 Å². The highest BCUT2D eigenvalue weighted by Gasteiger charge is 2.14. The van der Waals surface area contributed by atoms with Crippen molar-refractivity contribution in [3.63, 3.8) is 0 Å². The van der Waals surface area contributed by atoms with Crippen molar-refractivity contribution in [2.24, 2.45) is 0 Å². The molecule has 1 aromatic carbocycles. The summed E-state index contributed by atoms with van der Waals surface area (Å²) in [6.07, 6.45) is 0. The molecule has 0 fully saturated rings. The Morgan fingerprint density at radius 1 is 1.16 bits per heavy atom. The monoisotopic (exact) mass is 255 g/mol. The fraction of sp³-hybridized carbons (Fsp3) is 0. The van der Waals surface area contributed by atoms with Crippen LogP contribution in [0.3, 0.4) is 0 Å². The number of carbonyl (C=O) groups is 1. The Morgan fingerprint density at radius 2 is 1.95 bits per heavy atom. The molecule has 6 heteroatoms. The van der Waals surface area contributed by atoms with Crippen molar-refractivity contribution in [2.45, 2.75) is 0 Å². The number of aromatic nitrogens is 3. The Hall–Kier alpha value is -2.89. The molecular formula is C13H9N3O3. The zero-order valence-electron chi connectivity index (χ0n) is 9.70. The summed E-state index contributed by atoms with van der Waals surface area (Å²) >= 11 is 0. The fourth-order valence-corrected chi connectivity index (χ4v) is 1.92. The minimum atomic E-state index is -1.04. The molecule has 0 spiro atoms. The summed E-state index contributed by atoms with van der Waals surface area (Å²) < 4.78 is 1.27. The highest BCUT2D eigenvalue weighted by atomic mass is 16.4. The van der Waals surface area contributed by atoms with Crippen molar-refractivity contribution in [1.82, 2.24) is 14.6 Å². The number of hydrogen-bond acceptors (Lipinski definition) is 3. The summed E-state index contributed by atoms with van der Waals surface area (Å²) in [5.74, 6) is -0.690. The second-order valence-electron chi connectivity index (χ2n) is 3.98. The molecule has 3 rings (SSSR count). The molecule has 0 radical (unpaired) electrons. The maximum absolute atomic E-state index is 11.6. The number of rotatable bonds is 2. The number of aromatic carboxylic acids is 1. The summed E-state index contributed by atoms with van der Waals surface area (Å²) in [6.45, 7) is 0. The van der Waals surface area contributed by atoms with Crippen molar-refractivity contribution >= 4 is 11.6 Å². The van der Waals surface area contributed by atoms with Crippen LogP contribution in [0.1, 0.15) is 10.4 Å². The van der Waals surface area contributed by atoms with Crippen LogP contribution in [0.5, 0.6) is 0 Å². The molecule has 6 nitrogen and oxygen atoms in total. The van der Waals surface area contributed by atoms with Gasteiger partial charge in [-0.2, -0.15) is 4.52 Å². The summed E-state index contributed by atoms with van der Waals surface area (Å²) in [5.41, 5.74) is 0.777. The van der Waals surface area contributed by atoms with Crippen LogP contribution in [0.15, 0.2) is 47.3 Å². The molecule has 0 saturated carbocycles. The number of carboxylic acid groups (broad SMARTS) is 1. The highest BCUT2D eigenvalue weighted by molar-refractivity contribution is 5.95. The Labute approximate surface area is 106 Å². The SMILES string of the molecule is O=C(O)c1ccccc1-c1nc2cccc(=O)n2[nH]1. The first-order chi connectivity index (χ1) is 9.16. The number of pyridine rings is 1. The van der Waals surface area contributed by atoms with E-state index in [1.165, 1.54) is 16.6 Å². The van der Waals surface area contributed by atoms with Crippen LogP contribution in [0.4, 0.5) is 0 Å². The van der Waals surface area contributed by atoms with Crippen molar-refractivity contribution in [1.29, 1.82) is 0 Å². The predicted octanol–water partition coefficient (Wildman–Crippen LogP) is 1.39. The average molecular weight is 255 g/mol. The standard InChI is InChI=1S/C13H9N3O3/c17-11-7-3-6-10-14-12(15-16(10)11)8-4-1-2-5-9(8)13(18)19/h1-7H,(H,14,15)(H,18,19). The van der Waals surface area contributed by atoms with Gasteiger partial charge in [0.05, 0.1) is 5.56 Å². The average Bonchev–Trinajstić information content (AvgIpc) is 2.84. The summed E-state index contributed by atoms with van der Waals surface area (Å²) in [7, 11) is 0. The van der Waals surface area contributed by atoms with Crippen molar-refractivity contribution in [3.05, 3.63) is 58.4 Å². The highest BCUT2D eigenvalue weighted by Crippen LogP contribution is 2.20. The van der Waals surface area contributed by atoms with Gasteiger partial charge in [0, 0.05) is 11.6 Å². The molecule has 0 amide bonds. The second-order valence-corrected chi connectivity index (χ2v) is 3.98. The maximum atomic E-state index is 11.6. The lowest BCUT2D eigenvalue weighted by atomic mass is 10.1. The molecule has 94 valence electrons. The number of aromatic amines is 1. The van der Waals surface area contributed by atoms with Gasteiger partial charge >= 0.3 is 5.97 Å². The lowest BCUT2D eigenvalue weighted by Gasteiger charge is -2.01. The maximum Gasteiger partial charge on any atom is 0.336 e. The quantitative estimate of drug-likeness (QED) is 0.724. The van der Waals surface area contributed by atoms with E-state index in [1.54, 1.807) is 30.3 Å². The van der Waals surface area contributed by atoms with Gasteiger partial charge in [-0.05, 0) is 12.1 Å². The molecule has 0 bridgehead atoms. The van der Waals surface area contributed by atoms with Crippen LogP contribution in [-0.4, -0.2) is 25.7 Å². The Bertz CT molecular complexity index is 832. The van der Waals surface area contributed by atoms with E-state index in [9.17, 15) is 9.59 Å². The predicted molar refractivity (Wildman–Crippen MR) is 68.2 cm³/mol. The molecule has 0 aliphatic heterocycles. The molecule has 0 atom stereocenters. The lowest BCUT2D eigenvalue weighted by Crippen LogP contribution is -2.11. The summed E-state index contributed by atoms with van der Waals surface area (Å²) in [6, 6.07) is 11.2. The molecule has 19 heavy (non-hydrogen) atoms. The second kappa shape index (κ2) is 4.09. The topological polar surface area (TPSA) is 87.5 Å². The van der Waals surface area contributed by atoms with Crippen molar-refractivity contribution < 1.29 is 9.90 Å². The molecule has 2 heterocycles. The van der Waals surface area contributed by atoms with Crippen molar-refractivity contribution in [3.8, 4) is 11.4 Å². The van der Waals surface area contributed by atoms with Crippen LogP contribution in [-0.2, 0) is 0 Å². The molecular weight excluding hydrogens is 246 g/mol. The van der Waals surface area contributed by atoms with Gasteiger partial charge in [-0.25, -0.2) is 9.78 Å². The van der Waals surface area contributed by atoms with Gasteiger partial charge in [-0.3, -0.25) is 9.89 Å². The number of carboxylic acids is 1. The van der Waals surface area contributed by atoms with E-state index in [1.807, 2.05) is 0 Å². The lowest BCUT2D eigenvalue weighted by molar-refractivity contribution is 0.0697. The molecule has 0 unspecified atom stereocenters. The number of benzene rings is 1. The zero-order chi connectivity index (χ0) is 13.4. The molecule has 0 saturated heterocycles. The van der Waals surface area contributed by atoms with Gasteiger partial charge in [0.25, 0.3) is 5.56 Å². The van der Waals surface area contributed by atoms with E-state index in [4.69, 9.17) is 5.11 Å². The van der Waals surface area contributed by atoms with E-state index in [2.05, 4.69) is 10.1 Å². The number of H-pyrrole nitrogens is 1. The summed E-state index contributed by atoms with van der Waals surface area (Å²) in [5, 5.41) is 12.0. The van der Waals surface area contributed by atoms with Gasteiger partial charge in [-0.1, -0.05) is 24.3 Å². The molecule has 2 aromatic heterocycles. The first-order valence-electron chi connectivity index (χ1n) is 5.57. The smallest absolute Gasteiger partial charge is 0.336 e. The van der Waals surface area contributed by atoms with Crippen LogP contribution in [0.2, 0.25) is 0 Å². The zero-order valence-corrected chi connectivity index (χ0v) is 9.70. The van der Waals surface area contributed by atoms with Crippen LogP contribution in [0, 0.1) is 0 Å². The van der Waals surface area contributed by atoms with E-state index in [0.717, 1.165) is 0 Å². The number of nitrogens with zero attached hydrogens (tertiary/aromatic N) is 2. The van der Waals surface area contributed by atoms with Gasteiger partial charge < -0.3 is 5.11 Å². The van der Waals surface area contributed by atoms with E-state index in [0.29, 0.717) is 17.0 Å². The normalized spacial score (nSPS) is 10.7. The van der Waals surface area contributed by atoms with Crippen LogP contribution in [0.25, 0.3) is 17.0 Å². The number of hydrogen-bond donors (Lipinski definition) is 2. The molecule has 2 N–H and O–H groups in total. The van der Waals surface area contributed by atoms with Crippen LogP contribution >= 0.6 is 0 Å². The Kier molecular flexibility index (Phi) is 2.42. The van der Waals surface area contributed by atoms with Crippen LogP contribution < -0.4 is 5.56 Å². The largest absolute Gasteiger partial charge is 0.478 e. The van der Waals surface area contributed by atoms with Gasteiger partial charge in [0.15, 0.2) is 11.5 Å². The minimum absolute atomic E-state index is 0.134. The Morgan fingerprint density at radius 3 is 2.68 bits per heavy atom. The number of fused-ring (bicyclic) bond motifs is 1. The molecule has 3 aromatic rings. The number of nitrogens with one attached hydrogen (secondary N) is 1. The van der Waals surface area contributed by atoms with E-state index >= 15 is 0 Å². The third-order valence-corrected chi connectivity index (χ3v) is 2.79. The van der Waals surface area contributed by atoms with Gasteiger partial charge in [-0.15, -0.1) is 0 Å². The minimum Gasteiger partial charge on any atom is -0.478 e. The van der Waals surface area contributed by atoms with Crippen molar-refractivity contribution in [2.75, 3.05) is 0 Å². The third-order valence-electron chi connectivity index (χ3n) is 2.79. The van der Waals surface area contributed by atoms with E-state index in [-0.39, 0.29) is 11.1 Å². The molecule has 0 aliphatic rings. The van der Waals surface area contributed by atoms with Gasteiger partial charge in [0.2, 0.25) is 0 Å². The Balaban J connectivity index is 2.28. The first kappa shape index (κ1) is 11.2. The summed E-state index contributed by atoms with van der Waals surface area (Å²) in [4.78, 5) is 27.0. The third kappa shape index (κ3) is 1.79. The first-order valence-corrected chi connectivity index (χ1v) is 5.57. The van der Waals surface area contributed by atoms with E-state index < -0.39 is 5.97 Å². The molecule has 0 aliphatic carbocycles.